The average molecular weight is 381 g/mol. The Kier molecular flexibility index (Phi) is 4.58. The molecular weight excluding hydrogens is 366 g/mol. The molecule has 0 unspecified atom stereocenters. The fourth-order valence-corrected chi connectivity index (χ4v) is 3.95. The Morgan fingerprint density at radius 1 is 1.26 bits per heavy atom. The maximum Gasteiger partial charge on any atom is 0.293 e. The highest BCUT2D eigenvalue weighted by Gasteiger charge is 2.17. The molecule has 0 amide bonds. The molecular formula is C18H15N5O3S. The lowest BCUT2D eigenvalue weighted by molar-refractivity contribution is -0.383. The van der Waals surface area contributed by atoms with Gasteiger partial charge in [0, 0.05) is 24.8 Å². The second kappa shape index (κ2) is 7.19. The number of aromatic nitrogens is 1. The van der Waals surface area contributed by atoms with Gasteiger partial charge in [0.05, 0.1) is 40.0 Å². The summed E-state index contributed by atoms with van der Waals surface area (Å²) < 4.78 is 6.38. The summed E-state index contributed by atoms with van der Waals surface area (Å²) in [5.41, 5.74) is 2.08. The number of benzene rings is 2. The van der Waals surface area contributed by atoms with Gasteiger partial charge in [0.15, 0.2) is 5.13 Å². The third-order valence-corrected chi connectivity index (χ3v) is 5.34. The highest BCUT2D eigenvalue weighted by atomic mass is 32.1. The van der Waals surface area contributed by atoms with Gasteiger partial charge < -0.3 is 15.0 Å². The van der Waals surface area contributed by atoms with Crippen molar-refractivity contribution in [3.8, 4) is 6.07 Å². The second-order valence-corrected chi connectivity index (χ2v) is 7.01. The van der Waals surface area contributed by atoms with Gasteiger partial charge in [0.1, 0.15) is 5.69 Å². The molecule has 0 spiro atoms. The number of hydrogen-bond donors (Lipinski definition) is 1. The van der Waals surface area contributed by atoms with Crippen LogP contribution in [-0.4, -0.2) is 36.2 Å². The quantitative estimate of drug-likeness (QED) is 0.543. The molecule has 1 fully saturated rings. The van der Waals surface area contributed by atoms with Gasteiger partial charge in [-0.3, -0.25) is 10.1 Å². The van der Waals surface area contributed by atoms with Gasteiger partial charge in [-0.15, -0.1) is 0 Å². The predicted octanol–water partition coefficient (Wildman–Crippen LogP) is 3.66. The molecule has 0 radical (unpaired) electrons. The lowest BCUT2D eigenvalue weighted by Gasteiger charge is -2.25. The highest BCUT2D eigenvalue weighted by Crippen LogP contribution is 2.34. The Morgan fingerprint density at radius 2 is 2.07 bits per heavy atom. The Hall–Kier alpha value is -3.22. The van der Waals surface area contributed by atoms with E-state index in [0.717, 1.165) is 34.1 Å². The monoisotopic (exact) mass is 381 g/mol. The van der Waals surface area contributed by atoms with Gasteiger partial charge in [-0.05, 0) is 30.3 Å². The summed E-state index contributed by atoms with van der Waals surface area (Å²) in [7, 11) is 0. The van der Waals surface area contributed by atoms with Crippen LogP contribution in [-0.2, 0) is 4.74 Å². The molecule has 0 aliphatic carbocycles. The summed E-state index contributed by atoms with van der Waals surface area (Å²) in [5.74, 6) is 0. The van der Waals surface area contributed by atoms with Crippen LogP contribution in [0, 0.1) is 21.4 Å². The number of fused-ring (bicyclic) bond motifs is 1. The number of nitrogens with zero attached hydrogens (tertiary/aromatic N) is 4. The summed E-state index contributed by atoms with van der Waals surface area (Å²) in [5, 5.41) is 24.3. The van der Waals surface area contributed by atoms with Gasteiger partial charge in [-0.25, -0.2) is 4.98 Å². The van der Waals surface area contributed by atoms with Crippen LogP contribution in [0.25, 0.3) is 10.2 Å². The smallest absolute Gasteiger partial charge is 0.293 e. The lowest BCUT2D eigenvalue weighted by Crippen LogP contribution is -2.36. The van der Waals surface area contributed by atoms with Crippen molar-refractivity contribution in [1.29, 1.82) is 5.26 Å². The van der Waals surface area contributed by atoms with Crippen LogP contribution in [0.15, 0.2) is 36.4 Å². The van der Waals surface area contributed by atoms with E-state index in [1.807, 2.05) is 24.3 Å². The minimum atomic E-state index is -0.495. The molecule has 4 rings (SSSR count). The number of nitrogens with one attached hydrogen (secondary N) is 1. The maximum atomic E-state index is 11.3. The number of thiazole rings is 1. The SMILES string of the molecule is N#Cc1ccc(Nc2ccc3nc(N4CCOCC4)sc3c2)c([N+](=O)[O-])c1. The number of ether oxygens (including phenoxy) is 1. The third-order valence-electron chi connectivity index (χ3n) is 4.26. The number of hydrogen-bond acceptors (Lipinski definition) is 8. The van der Waals surface area contributed by atoms with E-state index < -0.39 is 4.92 Å². The summed E-state index contributed by atoms with van der Waals surface area (Å²) in [4.78, 5) is 17.7. The first-order valence-corrected chi connectivity index (χ1v) is 9.14. The lowest BCUT2D eigenvalue weighted by atomic mass is 10.2. The van der Waals surface area contributed by atoms with E-state index in [4.69, 9.17) is 10.00 Å². The van der Waals surface area contributed by atoms with Crippen LogP contribution in [0.2, 0.25) is 0 Å². The number of nitro groups is 1. The summed E-state index contributed by atoms with van der Waals surface area (Å²) in [6.07, 6.45) is 0. The first-order chi connectivity index (χ1) is 13.1. The molecule has 2 heterocycles. The molecule has 27 heavy (non-hydrogen) atoms. The van der Waals surface area contributed by atoms with Crippen LogP contribution in [0.4, 0.5) is 22.2 Å². The molecule has 9 heteroatoms. The van der Waals surface area contributed by atoms with Gasteiger partial charge in [0.2, 0.25) is 0 Å². The molecule has 1 saturated heterocycles. The largest absolute Gasteiger partial charge is 0.378 e. The average Bonchev–Trinajstić information content (AvgIpc) is 3.12. The second-order valence-electron chi connectivity index (χ2n) is 6.00. The molecule has 2 aromatic carbocycles. The molecule has 3 aromatic rings. The van der Waals surface area contributed by atoms with E-state index in [0.29, 0.717) is 18.9 Å². The van der Waals surface area contributed by atoms with Crippen molar-refractivity contribution in [2.24, 2.45) is 0 Å². The van der Waals surface area contributed by atoms with Gasteiger partial charge in [-0.2, -0.15) is 5.26 Å². The number of rotatable bonds is 4. The Morgan fingerprint density at radius 3 is 2.81 bits per heavy atom. The van der Waals surface area contributed by atoms with E-state index in [1.54, 1.807) is 23.5 Å². The predicted molar refractivity (Wildman–Crippen MR) is 104 cm³/mol. The van der Waals surface area contributed by atoms with Crippen LogP contribution in [0.3, 0.4) is 0 Å². The first-order valence-electron chi connectivity index (χ1n) is 8.33. The maximum absolute atomic E-state index is 11.3. The summed E-state index contributed by atoms with van der Waals surface area (Å²) in [6.45, 7) is 3.04. The molecule has 136 valence electrons. The number of morpholine rings is 1. The van der Waals surface area contributed by atoms with Crippen molar-refractivity contribution < 1.29 is 9.66 Å². The van der Waals surface area contributed by atoms with E-state index in [9.17, 15) is 10.1 Å². The zero-order chi connectivity index (χ0) is 18.8. The fourth-order valence-electron chi connectivity index (χ4n) is 2.89. The van der Waals surface area contributed by atoms with Crippen molar-refractivity contribution in [1.82, 2.24) is 4.98 Å². The van der Waals surface area contributed by atoms with Crippen molar-refractivity contribution in [3.05, 3.63) is 52.1 Å². The van der Waals surface area contributed by atoms with Crippen LogP contribution < -0.4 is 10.2 Å². The van der Waals surface area contributed by atoms with Crippen molar-refractivity contribution in [2.45, 2.75) is 0 Å². The third kappa shape index (κ3) is 3.53. The van der Waals surface area contributed by atoms with Crippen LogP contribution in [0.1, 0.15) is 5.56 Å². The molecule has 0 atom stereocenters. The van der Waals surface area contributed by atoms with E-state index in [1.165, 1.54) is 6.07 Å². The Balaban J connectivity index is 1.63. The Labute approximate surface area is 158 Å². The van der Waals surface area contributed by atoms with Gasteiger partial charge >= 0.3 is 0 Å². The minimum Gasteiger partial charge on any atom is -0.378 e. The van der Waals surface area contributed by atoms with E-state index in [-0.39, 0.29) is 11.3 Å². The molecule has 0 saturated carbocycles. The molecule has 8 nitrogen and oxygen atoms in total. The molecule has 1 aromatic heterocycles. The van der Waals surface area contributed by atoms with E-state index in [2.05, 4.69) is 15.2 Å². The number of anilines is 3. The zero-order valence-corrected chi connectivity index (χ0v) is 15.0. The minimum absolute atomic E-state index is 0.132. The first kappa shape index (κ1) is 17.2. The summed E-state index contributed by atoms with van der Waals surface area (Å²) in [6, 6.07) is 12.0. The van der Waals surface area contributed by atoms with Crippen molar-refractivity contribution in [3.63, 3.8) is 0 Å². The number of nitriles is 1. The molecule has 0 bridgehead atoms. The van der Waals surface area contributed by atoms with Gasteiger partial charge in [-0.1, -0.05) is 11.3 Å². The molecule has 1 aliphatic heterocycles. The fraction of sp³-hybridized carbons (Fsp3) is 0.222. The summed E-state index contributed by atoms with van der Waals surface area (Å²) >= 11 is 1.59. The Bertz CT molecular complexity index is 1050. The van der Waals surface area contributed by atoms with Crippen LogP contribution in [0.5, 0.6) is 0 Å². The number of nitro benzene ring substituents is 1. The zero-order valence-electron chi connectivity index (χ0n) is 14.2. The topological polar surface area (TPSA) is 104 Å². The highest BCUT2D eigenvalue weighted by molar-refractivity contribution is 7.22. The molecule has 1 N–H and O–H groups in total. The standard InChI is InChI=1S/C18H15N5O3S/c19-11-12-1-3-14(16(9-12)23(24)25)20-13-2-4-15-17(10-13)27-18(21-15)22-5-7-26-8-6-22/h1-4,9-10,20H,5-8H2. The molecule has 1 aliphatic rings. The van der Waals surface area contributed by atoms with Crippen LogP contribution >= 0.6 is 11.3 Å². The van der Waals surface area contributed by atoms with E-state index >= 15 is 0 Å². The van der Waals surface area contributed by atoms with Crippen molar-refractivity contribution in [2.75, 3.05) is 36.5 Å². The normalized spacial score (nSPS) is 14.1. The van der Waals surface area contributed by atoms with Crippen molar-refractivity contribution >= 4 is 43.7 Å². The van der Waals surface area contributed by atoms with Gasteiger partial charge in [0.25, 0.3) is 5.69 Å².